The summed E-state index contributed by atoms with van der Waals surface area (Å²) < 4.78 is 1.02. The van der Waals surface area contributed by atoms with Gasteiger partial charge in [0.05, 0.1) is 5.69 Å². The van der Waals surface area contributed by atoms with Crippen LogP contribution in [0.4, 0.5) is 0 Å². The van der Waals surface area contributed by atoms with Gasteiger partial charge in [-0.05, 0) is 40.9 Å². The van der Waals surface area contributed by atoms with Gasteiger partial charge < -0.3 is 5.73 Å². The van der Waals surface area contributed by atoms with E-state index in [2.05, 4.69) is 47.8 Å². The molecule has 1 unspecified atom stereocenters. The lowest BCUT2D eigenvalue weighted by molar-refractivity contribution is 0.450. The Balaban J connectivity index is 3.17. The molecule has 0 aliphatic heterocycles. The number of halogens is 1. The summed E-state index contributed by atoms with van der Waals surface area (Å²) in [6, 6.07) is 2.09. The Bertz CT molecular complexity index is 319. The highest BCUT2D eigenvalue weighted by Crippen LogP contribution is 2.28. The Labute approximate surface area is 94.0 Å². The number of pyridine rings is 1. The average molecular weight is 257 g/mol. The molecule has 0 aliphatic rings. The molecule has 0 bridgehead atoms. The fourth-order valence-corrected chi connectivity index (χ4v) is 2.03. The Hall–Kier alpha value is -0.410. The molecule has 0 aliphatic carbocycles. The number of aryl methyl sites for hydroxylation is 1. The van der Waals surface area contributed by atoms with Crippen LogP contribution in [0.25, 0.3) is 0 Å². The molecular formula is C11H17BrN2. The monoisotopic (exact) mass is 256 g/mol. The van der Waals surface area contributed by atoms with Crippen LogP contribution >= 0.6 is 15.9 Å². The SMILES string of the molecule is CCC(C)(CN)c1ncc(Br)cc1C. The van der Waals surface area contributed by atoms with E-state index in [4.69, 9.17) is 5.73 Å². The van der Waals surface area contributed by atoms with Crippen LogP contribution in [0.1, 0.15) is 31.5 Å². The van der Waals surface area contributed by atoms with Crippen molar-refractivity contribution in [2.24, 2.45) is 5.73 Å². The van der Waals surface area contributed by atoms with Crippen molar-refractivity contribution in [3.63, 3.8) is 0 Å². The summed E-state index contributed by atoms with van der Waals surface area (Å²) in [7, 11) is 0. The highest BCUT2D eigenvalue weighted by atomic mass is 79.9. The van der Waals surface area contributed by atoms with Gasteiger partial charge in [0.2, 0.25) is 0 Å². The molecule has 1 heterocycles. The van der Waals surface area contributed by atoms with Crippen molar-refractivity contribution in [3.05, 3.63) is 28.0 Å². The second kappa shape index (κ2) is 4.41. The minimum absolute atomic E-state index is 0.00475. The van der Waals surface area contributed by atoms with Crippen molar-refractivity contribution in [1.29, 1.82) is 0 Å². The van der Waals surface area contributed by atoms with E-state index in [0.717, 1.165) is 16.6 Å². The van der Waals surface area contributed by atoms with Crippen LogP contribution in [0.3, 0.4) is 0 Å². The number of nitrogens with two attached hydrogens (primary N) is 1. The highest BCUT2D eigenvalue weighted by molar-refractivity contribution is 9.10. The predicted octanol–water partition coefficient (Wildman–Crippen LogP) is 2.78. The molecular weight excluding hydrogens is 240 g/mol. The summed E-state index contributed by atoms with van der Waals surface area (Å²) in [6.07, 6.45) is 2.85. The van der Waals surface area contributed by atoms with E-state index in [0.29, 0.717) is 6.54 Å². The number of hydrogen-bond acceptors (Lipinski definition) is 2. The van der Waals surface area contributed by atoms with Gasteiger partial charge in [-0.2, -0.15) is 0 Å². The summed E-state index contributed by atoms with van der Waals surface area (Å²) in [4.78, 5) is 4.46. The third kappa shape index (κ3) is 2.15. The molecule has 78 valence electrons. The first kappa shape index (κ1) is 11.7. The molecule has 0 aromatic carbocycles. The van der Waals surface area contributed by atoms with Crippen LogP contribution in [-0.2, 0) is 5.41 Å². The first-order valence-corrected chi connectivity index (χ1v) is 5.65. The van der Waals surface area contributed by atoms with Gasteiger partial charge in [0.1, 0.15) is 0 Å². The lowest BCUT2D eigenvalue weighted by Gasteiger charge is -2.27. The summed E-state index contributed by atoms with van der Waals surface area (Å²) in [6.45, 7) is 7.03. The van der Waals surface area contributed by atoms with Crippen molar-refractivity contribution >= 4 is 15.9 Å². The second-order valence-corrected chi connectivity index (χ2v) is 4.85. The van der Waals surface area contributed by atoms with Crippen molar-refractivity contribution in [1.82, 2.24) is 4.98 Å². The largest absolute Gasteiger partial charge is 0.330 e. The third-order valence-corrected chi connectivity index (χ3v) is 3.28. The van der Waals surface area contributed by atoms with Crippen molar-refractivity contribution < 1.29 is 0 Å². The van der Waals surface area contributed by atoms with Crippen LogP contribution in [0.2, 0.25) is 0 Å². The number of aromatic nitrogens is 1. The van der Waals surface area contributed by atoms with Gasteiger partial charge in [-0.15, -0.1) is 0 Å². The molecule has 0 radical (unpaired) electrons. The summed E-state index contributed by atoms with van der Waals surface area (Å²) in [5.74, 6) is 0. The number of hydrogen-bond donors (Lipinski definition) is 1. The topological polar surface area (TPSA) is 38.9 Å². The maximum atomic E-state index is 5.80. The minimum Gasteiger partial charge on any atom is -0.330 e. The Morgan fingerprint density at radius 1 is 1.57 bits per heavy atom. The van der Waals surface area contributed by atoms with E-state index in [1.807, 2.05) is 6.20 Å². The van der Waals surface area contributed by atoms with E-state index in [1.165, 1.54) is 5.56 Å². The molecule has 0 saturated carbocycles. The van der Waals surface area contributed by atoms with Crippen LogP contribution in [0, 0.1) is 6.92 Å². The second-order valence-electron chi connectivity index (χ2n) is 3.94. The summed E-state index contributed by atoms with van der Waals surface area (Å²) in [5.41, 5.74) is 8.13. The smallest absolute Gasteiger partial charge is 0.0505 e. The molecule has 14 heavy (non-hydrogen) atoms. The van der Waals surface area contributed by atoms with Crippen molar-refractivity contribution in [2.45, 2.75) is 32.6 Å². The van der Waals surface area contributed by atoms with Crippen molar-refractivity contribution in [2.75, 3.05) is 6.54 Å². The molecule has 1 rings (SSSR count). The average Bonchev–Trinajstić information content (AvgIpc) is 2.17. The zero-order valence-corrected chi connectivity index (χ0v) is 10.6. The zero-order valence-electron chi connectivity index (χ0n) is 8.97. The Morgan fingerprint density at radius 3 is 2.64 bits per heavy atom. The van der Waals surface area contributed by atoms with E-state index in [9.17, 15) is 0 Å². The zero-order chi connectivity index (χ0) is 10.8. The number of nitrogens with zero attached hydrogens (tertiary/aromatic N) is 1. The quantitative estimate of drug-likeness (QED) is 0.904. The Morgan fingerprint density at radius 2 is 2.21 bits per heavy atom. The Kier molecular flexibility index (Phi) is 3.67. The van der Waals surface area contributed by atoms with E-state index in [1.54, 1.807) is 0 Å². The molecule has 1 aromatic rings. The molecule has 0 spiro atoms. The third-order valence-electron chi connectivity index (χ3n) is 2.85. The van der Waals surface area contributed by atoms with Crippen molar-refractivity contribution in [3.8, 4) is 0 Å². The molecule has 0 saturated heterocycles. The predicted molar refractivity (Wildman–Crippen MR) is 63.4 cm³/mol. The van der Waals surface area contributed by atoms with Crippen LogP contribution in [0.5, 0.6) is 0 Å². The van der Waals surface area contributed by atoms with E-state index >= 15 is 0 Å². The maximum Gasteiger partial charge on any atom is 0.0505 e. The lowest BCUT2D eigenvalue weighted by atomic mass is 9.82. The molecule has 0 fully saturated rings. The maximum absolute atomic E-state index is 5.80. The molecule has 2 N–H and O–H groups in total. The van der Waals surface area contributed by atoms with Crippen LogP contribution in [0.15, 0.2) is 16.7 Å². The minimum atomic E-state index is 0.00475. The number of rotatable bonds is 3. The van der Waals surface area contributed by atoms with Gasteiger partial charge in [-0.3, -0.25) is 4.98 Å². The van der Waals surface area contributed by atoms with Gasteiger partial charge in [-0.1, -0.05) is 13.8 Å². The van der Waals surface area contributed by atoms with Gasteiger partial charge in [0.15, 0.2) is 0 Å². The summed E-state index contributed by atoms with van der Waals surface area (Å²) in [5, 5.41) is 0. The molecule has 1 aromatic heterocycles. The van der Waals surface area contributed by atoms with Gasteiger partial charge in [0.25, 0.3) is 0 Å². The molecule has 1 atom stereocenters. The highest BCUT2D eigenvalue weighted by Gasteiger charge is 2.25. The van der Waals surface area contributed by atoms with E-state index in [-0.39, 0.29) is 5.41 Å². The fourth-order valence-electron chi connectivity index (χ4n) is 1.58. The van der Waals surface area contributed by atoms with Crippen LogP contribution in [-0.4, -0.2) is 11.5 Å². The first-order valence-electron chi connectivity index (χ1n) is 4.86. The van der Waals surface area contributed by atoms with Gasteiger partial charge in [0, 0.05) is 22.6 Å². The lowest BCUT2D eigenvalue weighted by Crippen LogP contribution is -2.32. The molecule has 2 nitrogen and oxygen atoms in total. The standard InChI is InChI=1S/C11H17BrN2/c1-4-11(3,7-13)10-8(2)5-9(12)6-14-10/h5-6H,4,7,13H2,1-3H3. The van der Waals surface area contributed by atoms with Gasteiger partial charge in [-0.25, -0.2) is 0 Å². The fraction of sp³-hybridized carbons (Fsp3) is 0.545. The van der Waals surface area contributed by atoms with Crippen LogP contribution < -0.4 is 5.73 Å². The first-order chi connectivity index (χ1) is 6.53. The molecule has 0 amide bonds. The summed E-state index contributed by atoms with van der Waals surface area (Å²) >= 11 is 3.41. The molecule has 3 heteroatoms. The van der Waals surface area contributed by atoms with E-state index < -0.39 is 0 Å². The normalized spacial score (nSPS) is 15.2. The van der Waals surface area contributed by atoms with Gasteiger partial charge >= 0.3 is 0 Å².